The molecule has 0 aromatic heterocycles. The van der Waals surface area contributed by atoms with Gasteiger partial charge in [0, 0.05) is 26.4 Å². The van der Waals surface area contributed by atoms with Crippen molar-refractivity contribution >= 4 is 5.97 Å². The van der Waals surface area contributed by atoms with Crippen LogP contribution in [0.2, 0.25) is 0 Å². The molecule has 2 bridgehead atoms. The molecule has 1 aliphatic carbocycles. The number of fused-ring (bicyclic) bond motifs is 2. The van der Waals surface area contributed by atoms with E-state index in [1.54, 1.807) is 6.08 Å². The highest BCUT2D eigenvalue weighted by Gasteiger charge is 2.61. The predicted octanol–water partition coefficient (Wildman–Crippen LogP) is 4.16. The molecule has 3 saturated heterocycles. The number of carbonyl (C=O) groups excluding carboxylic acids is 1. The summed E-state index contributed by atoms with van der Waals surface area (Å²) in [5.41, 5.74) is 0.710. The second kappa shape index (κ2) is 11.8. The minimum absolute atomic E-state index is 0.0378. The van der Waals surface area contributed by atoms with Gasteiger partial charge in [0.1, 0.15) is 29.8 Å². The zero-order chi connectivity index (χ0) is 28.7. The molecule has 222 valence electrons. The summed E-state index contributed by atoms with van der Waals surface area (Å²) in [7, 11) is 1.52. The maximum absolute atomic E-state index is 14.0. The lowest BCUT2D eigenvalue weighted by molar-refractivity contribution is -0.332. The predicted molar refractivity (Wildman–Crippen MR) is 149 cm³/mol. The van der Waals surface area contributed by atoms with Gasteiger partial charge in [-0.05, 0) is 56.1 Å². The van der Waals surface area contributed by atoms with Gasteiger partial charge in [0.05, 0.1) is 25.4 Å². The minimum atomic E-state index is -1.66. The van der Waals surface area contributed by atoms with E-state index in [0.29, 0.717) is 36.3 Å². The van der Waals surface area contributed by atoms with Gasteiger partial charge in [-0.3, -0.25) is 4.79 Å². The van der Waals surface area contributed by atoms with Crippen molar-refractivity contribution in [2.45, 2.75) is 108 Å². The summed E-state index contributed by atoms with van der Waals surface area (Å²) in [5, 5.41) is 22.4. The maximum atomic E-state index is 14.0. The van der Waals surface area contributed by atoms with E-state index in [1.165, 1.54) is 12.7 Å². The number of hydrogen-bond acceptors (Lipinski definition) is 8. The highest BCUT2D eigenvalue weighted by Crippen LogP contribution is 2.47. The van der Waals surface area contributed by atoms with Crippen LogP contribution in [-0.4, -0.2) is 78.4 Å². The molecular weight excluding hydrogens is 512 g/mol. The third-order valence-electron chi connectivity index (χ3n) is 9.57. The minimum Gasteiger partial charge on any atom is -0.462 e. The number of aliphatic hydroxyl groups is 2. The number of allylic oxidation sites excluding steroid dienone is 4. The lowest BCUT2D eigenvalue weighted by Gasteiger charge is -2.49. The summed E-state index contributed by atoms with van der Waals surface area (Å²) < 4.78 is 31.1. The average molecular weight is 559 g/mol. The first-order chi connectivity index (χ1) is 19.1. The molecule has 0 amide bonds. The Hall–Kier alpha value is -1.81. The highest BCUT2D eigenvalue weighted by atomic mass is 16.7. The van der Waals surface area contributed by atoms with Crippen LogP contribution in [0.5, 0.6) is 0 Å². The van der Waals surface area contributed by atoms with Crippen molar-refractivity contribution in [3.8, 4) is 0 Å². The molecule has 2 N–H and O–H groups in total. The fraction of sp³-hybridized carbons (Fsp3) is 0.719. The third-order valence-corrected chi connectivity index (χ3v) is 9.57. The van der Waals surface area contributed by atoms with Crippen molar-refractivity contribution in [2.75, 3.05) is 20.3 Å². The zero-order valence-corrected chi connectivity index (χ0v) is 24.5. The lowest BCUT2D eigenvalue weighted by Crippen LogP contribution is -2.59. The van der Waals surface area contributed by atoms with Gasteiger partial charge in [0.15, 0.2) is 5.79 Å². The van der Waals surface area contributed by atoms with Crippen molar-refractivity contribution in [1.82, 2.24) is 0 Å². The first-order valence-electron chi connectivity index (χ1n) is 14.9. The van der Waals surface area contributed by atoms with E-state index >= 15 is 0 Å². The van der Waals surface area contributed by atoms with Gasteiger partial charge in [-0.25, -0.2) is 0 Å². The second-order valence-corrected chi connectivity index (χ2v) is 12.6. The van der Waals surface area contributed by atoms with Crippen LogP contribution < -0.4 is 0 Å². The third kappa shape index (κ3) is 5.63. The summed E-state index contributed by atoms with van der Waals surface area (Å²) in [4.78, 5) is 14.0. The van der Waals surface area contributed by atoms with Crippen LogP contribution >= 0.6 is 0 Å². The molecule has 8 nitrogen and oxygen atoms in total. The summed E-state index contributed by atoms with van der Waals surface area (Å²) >= 11 is 0. The van der Waals surface area contributed by atoms with Gasteiger partial charge >= 0.3 is 5.97 Å². The number of hydrogen-bond donors (Lipinski definition) is 2. The molecule has 0 aromatic carbocycles. The van der Waals surface area contributed by atoms with Gasteiger partial charge in [-0.15, -0.1) is 0 Å². The van der Waals surface area contributed by atoms with Gasteiger partial charge in [0.25, 0.3) is 0 Å². The molecule has 10 atom stereocenters. The molecular formula is C32H46O8. The van der Waals surface area contributed by atoms with Crippen LogP contribution in [-0.2, 0) is 28.5 Å². The first kappa shape index (κ1) is 29.7. The van der Waals surface area contributed by atoms with Crippen LogP contribution in [0.4, 0.5) is 0 Å². The lowest BCUT2D eigenvalue weighted by atomic mass is 9.70. The Kier molecular flexibility index (Phi) is 8.77. The molecule has 3 fully saturated rings. The Labute approximate surface area is 238 Å². The van der Waals surface area contributed by atoms with Crippen LogP contribution in [0.15, 0.2) is 47.1 Å². The van der Waals surface area contributed by atoms with Crippen molar-refractivity contribution in [1.29, 1.82) is 0 Å². The Morgan fingerprint density at radius 2 is 1.98 bits per heavy atom. The monoisotopic (exact) mass is 558 g/mol. The number of methoxy groups -OCH3 is 1. The number of carbonyl (C=O) groups is 1. The summed E-state index contributed by atoms with van der Waals surface area (Å²) in [6.07, 6.45) is 12.0. The number of ether oxygens (including phenoxy) is 5. The van der Waals surface area contributed by atoms with Crippen LogP contribution in [0, 0.1) is 17.8 Å². The fourth-order valence-electron chi connectivity index (χ4n) is 7.16. The normalized spacial score (nSPS) is 44.4. The number of aliphatic hydroxyl groups excluding tert-OH is 1. The van der Waals surface area contributed by atoms with E-state index in [1.807, 2.05) is 12.2 Å². The SMILES string of the molecule is CO[C@@H]1C(CO)=C[C@H]2C(=O)O[C@H]3C[C@@H](CC=C(C)C[C@@H](C)C=CC=C4CO[C@H]1[C@@]42O)O[C@@]1(CC[C@H](C)[C@@H](C)O1)C3. The van der Waals surface area contributed by atoms with Crippen molar-refractivity contribution in [3.63, 3.8) is 0 Å². The maximum Gasteiger partial charge on any atom is 0.316 e. The zero-order valence-electron chi connectivity index (χ0n) is 24.5. The van der Waals surface area contributed by atoms with Gasteiger partial charge in [0.2, 0.25) is 0 Å². The highest BCUT2D eigenvalue weighted by molar-refractivity contribution is 5.78. The van der Waals surface area contributed by atoms with Gasteiger partial charge < -0.3 is 33.9 Å². The Balaban J connectivity index is 1.53. The molecule has 5 aliphatic rings. The van der Waals surface area contributed by atoms with E-state index in [-0.39, 0.29) is 31.3 Å². The number of esters is 1. The van der Waals surface area contributed by atoms with Gasteiger partial charge in [-0.2, -0.15) is 0 Å². The van der Waals surface area contributed by atoms with Crippen molar-refractivity contribution < 1.29 is 38.7 Å². The van der Waals surface area contributed by atoms with Crippen LogP contribution in [0.3, 0.4) is 0 Å². The second-order valence-electron chi connectivity index (χ2n) is 12.6. The van der Waals surface area contributed by atoms with E-state index in [0.717, 1.165) is 19.3 Å². The Morgan fingerprint density at radius 3 is 2.70 bits per heavy atom. The van der Waals surface area contributed by atoms with Crippen molar-refractivity contribution in [2.24, 2.45) is 17.8 Å². The largest absolute Gasteiger partial charge is 0.462 e. The average Bonchev–Trinajstić information content (AvgIpc) is 3.24. The molecule has 40 heavy (non-hydrogen) atoms. The van der Waals surface area contributed by atoms with E-state index in [4.69, 9.17) is 23.7 Å². The summed E-state index contributed by atoms with van der Waals surface area (Å²) in [5.74, 6) is -1.69. The molecule has 0 radical (unpaired) electrons. The van der Waals surface area contributed by atoms with Crippen LogP contribution in [0.25, 0.3) is 0 Å². The molecule has 1 spiro atoms. The van der Waals surface area contributed by atoms with Crippen LogP contribution in [0.1, 0.15) is 66.2 Å². The number of rotatable bonds is 2. The molecule has 0 saturated carbocycles. The quantitative estimate of drug-likeness (QED) is 0.385. The van der Waals surface area contributed by atoms with E-state index in [2.05, 4.69) is 39.8 Å². The van der Waals surface area contributed by atoms with E-state index < -0.39 is 41.6 Å². The summed E-state index contributed by atoms with van der Waals surface area (Å²) in [6.45, 7) is 8.42. The Morgan fingerprint density at radius 1 is 1.18 bits per heavy atom. The van der Waals surface area contributed by atoms with Crippen molar-refractivity contribution in [3.05, 3.63) is 47.1 Å². The topological polar surface area (TPSA) is 104 Å². The Bertz CT molecular complexity index is 1080. The van der Waals surface area contributed by atoms with E-state index in [9.17, 15) is 15.0 Å². The fourth-order valence-corrected chi connectivity index (χ4v) is 7.16. The molecule has 0 unspecified atom stereocenters. The molecule has 4 aliphatic heterocycles. The molecule has 8 heteroatoms. The summed E-state index contributed by atoms with van der Waals surface area (Å²) in [6, 6.07) is 0. The molecule has 0 aromatic rings. The smallest absolute Gasteiger partial charge is 0.316 e. The molecule has 4 heterocycles. The first-order valence-corrected chi connectivity index (χ1v) is 14.9. The standard InChI is InChI=1S/C32H46O8/c1-19-7-6-8-24-18-37-29-28(36-5)23(17-33)14-27(32(24,29)35)30(34)38-26-15-25(10-9-20(2)13-19)40-31(16-26)12-11-21(3)22(4)39-31/h6-9,14,19,21-22,25-29,33,35H,10-13,15-18H2,1-5H3/t19-,21-,22+,25+,26-,27-,28+,29+,31-,32+/m0/s1. The molecule has 5 rings (SSSR count). The van der Waals surface area contributed by atoms with Gasteiger partial charge in [-0.1, -0.05) is 49.8 Å².